The summed E-state index contributed by atoms with van der Waals surface area (Å²) in [5, 5.41) is 6.29. The molecule has 1 heterocycles. The maximum atomic E-state index is 11.1. The first kappa shape index (κ1) is 17.5. The molecule has 5 heteroatoms. The van der Waals surface area contributed by atoms with Crippen molar-refractivity contribution in [3.05, 3.63) is 65.2 Å². The molecule has 23 heavy (non-hydrogen) atoms. The summed E-state index contributed by atoms with van der Waals surface area (Å²) in [4.78, 5) is 11.1. The predicted octanol–water partition coefficient (Wildman–Crippen LogP) is 5.06. The van der Waals surface area contributed by atoms with Gasteiger partial charge in [0, 0.05) is 11.4 Å². The first-order valence-corrected chi connectivity index (χ1v) is 8.07. The average molecular weight is 349 g/mol. The van der Waals surface area contributed by atoms with Gasteiger partial charge < -0.3 is 0 Å². The van der Waals surface area contributed by atoms with E-state index in [-0.39, 0.29) is 6.04 Å². The van der Waals surface area contributed by atoms with Crippen molar-refractivity contribution >= 4 is 39.8 Å². The number of rotatable bonds is 2. The van der Waals surface area contributed by atoms with Gasteiger partial charge >= 0.3 is 0 Å². The van der Waals surface area contributed by atoms with E-state index in [2.05, 4.69) is 5.10 Å². The third-order valence-electron chi connectivity index (χ3n) is 3.43. The molecule has 0 spiro atoms. The highest BCUT2D eigenvalue weighted by Gasteiger charge is 2.27. The lowest BCUT2D eigenvalue weighted by Crippen LogP contribution is -2.23. The van der Waals surface area contributed by atoms with Gasteiger partial charge in [-0.3, -0.25) is 9.80 Å². The molecule has 0 amide bonds. The molecule has 0 radical (unpaired) electrons. The molecule has 1 aliphatic rings. The zero-order valence-electron chi connectivity index (χ0n) is 13.0. The van der Waals surface area contributed by atoms with Gasteiger partial charge in [0.2, 0.25) is 0 Å². The molecular formula is C18H18Cl2N2O. The minimum Gasteiger partial charge on any atom is -0.274 e. The maximum absolute atomic E-state index is 11.1. The maximum Gasteiger partial charge on any atom is 0.268 e. The summed E-state index contributed by atoms with van der Waals surface area (Å²) in [6, 6.07) is 17.7. The quantitative estimate of drug-likeness (QED) is 0.711. The lowest BCUT2D eigenvalue weighted by Gasteiger charge is -2.21. The molecule has 120 valence electrons. The second-order valence-electron chi connectivity index (χ2n) is 5.30. The lowest BCUT2D eigenvalue weighted by atomic mass is 10.1. The summed E-state index contributed by atoms with van der Waals surface area (Å²) < 4.78 is 0. The number of aryl methyl sites for hydroxylation is 1. The Labute approximate surface area is 146 Å². The highest BCUT2D eigenvalue weighted by molar-refractivity contribution is 6.82. The fourth-order valence-electron chi connectivity index (χ4n) is 2.31. The zero-order chi connectivity index (χ0) is 16.8. The molecule has 2 aromatic carbocycles. The van der Waals surface area contributed by atoms with Crippen LogP contribution in [0.5, 0.6) is 0 Å². The predicted molar refractivity (Wildman–Crippen MR) is 97.5 cm³/mol. The molecule has 1 atom stereocenters. The Hall–Kier alpha value is -1.84. The fraction of sp³-hybridized carbons (Fsp3) is 0.222. The van der Waals surface area contributed by atoms with Gasteiger partial charge in [-0.05, 0) is 49.2 Å². The molecule has 0 fully saturated rings. The summed E-state index contributed by atoms with van der Waals surface area (Å²) >= 11 is 11.4. The first-order chi connectivity index (χ1) is 11.0. The normalized spacial score (nSPS) is 16.4. The third kappa shape index (κ3) is 4.81. The van der Waals surface area contributed by atoms with Gasteiger partial charge in [0.15, 0.2) is 0 Å². The van der Waals surface area contributed by atoms with Gasteiger partial charge in [-0.2, -0.15) is 5.10 Å². The minimum absolute atomic E-state index is 0.132. The Kier molecular flexibility index (Phi) is 6.20. The standard InChI is InChI=1S/C12H12Cl2N2O.C6H6/c1-7-5-9(13)3-4-11(7)16-8(2)6-10(15-16)12(14)17;1-2-4-6-5-3-1/h3-5,8H,6H2,1-2H3;1-6H. The van der Waals surface area contributed by atoms with Crippen molar-refractivity contribution in [3.8, 4) is 0 Å². The number of anilines is 1. The van der Waals surface area contributed by atoms with Crippen LogP contribution < -0.4 is 5.01 Å². The number of carbonyl (C=O) groups is 1. The topological polar surface area (TPSA) is 32.7 Å². The van der Waals surface area contributed by atoms with Crippen LogP contribution in [-0.4, -0.2) is 17.0 Å². The van der Waals surface area contributed by atoms with Crippen LogP contribution in [0.3, 0.4) is 0 Å². The monoisotopic (exact) mass is 348 g/mol. The van der Waals surface area contributed by atoms with E-state index < -0.39 is 5.24 Å². The summed E-state index contributed by atoms with van der Waals surface area (Å²) in [6.07, 6.45) is 0.574. The minimum atomic E-state index is -0.481. The van der Waals surface area contributed by atoms with Crippen molar-refractivity contribution in [2.75, 3.05) is 5.01 Å². The largest absolute Gasteiger partial charge is 0.274 e. The molecule has 2 aromatic rings. The number of halogens is 2. The van der Waals surface area contributed by atoms with Crippen LogP contribution in [0.25, 0.3) is 0 Å². The van der Waals surface area contributed by atoms with E-state index in [1.54, 1.807) is 0 Å². The molecule has 0 N–H and O–H groups in total. The van der Waals surface area contributed by atoms with Gasteiger partial charge in [-0.15, -0.1) is 0 Å². The van der Waals surface area contributed by atoms with Crippen molar-refractivity contribution < 1.29 is 4.79 Å². The van der Waals surface area contributed by atoms with Crippen molar-refractivity contribution in [3.63, 3.8) is 0 Å². The Bertz CT molecular complexity index is 675. The van der Waals surface area contributed by atoms with E-state index >= 15 is 0 Å². The second-order valence-corrected chi connectivity index (χ2v) is 6.08. The molecule has 0 saturated carbocycles. The molecule has 3 nitrogen and oxygen atoms in total. The Morgan fingerprint density at radius 1 is 1.17 bits per heavy atom. The second kappa shape index (κ2) is 8.14. The van der Waals surface area contributed by atoms with Crippen molar-refractivity contribution in [2.24, 2.45) is 5.10 Å². The van der Waals surface area contributed by atoms with Gasteiger partial charge in [-0.25, -0.2) is 0 Å². The summed E-state index contributed by atoms with van der Waals surface area (Å²) in [5.74, 6) is 0. The number of hydrazone groups is 1. The average Bonchev–Trinajstić information content (AvgIpc) is 2.92. The van der Waals surface area contributed by atoms with E-state index in [0.717, 1.165) is 11.3 Å². The fourth-order valence-corrected chi connectivity index (χ4v) is 2.65. The summed E-state index contributed by atoms with van der Waals surface area (Å²) in [6.45, 7) is 3.97. The lowest BCUT2D eigenvalue weighted by molar-refractivity contribution is -0.106. The van der Waals surface area contributed by atoms with Crippen LogP contribution in [0.15, 0.2) is 59.7 Å². The van der Waals surface area contributed by atoms with Gasteiger partial charge in [0.1, 0.15) is 5.71 Å². The Morgan fingerprint density at radius 3 is 2.17 bits per heavy atom. The van der Waals surface area contributed by atoms with E-state index in [0.29, 0.717) is 17.2 Å². The zero-order valence-corrected chi connectivity index (χ0v) is 14.6. The van der Waals surface area contributed by atoms with Crippen LogP contribution >= 0.6 is 23.2 Å². The van der Waals surface area contributed by atoms with Crippen LogP contribution in [0.1, 0.15) is 18.9 Å². The summed E-state index contributed by atoms with van der Waals surface area (Å²) in [7, 11) is 0. The molecular weight excluding hydrogens is 331 g/mol. The number of hydrogen-bond acceptors (Lipinski definition) is 3. The molecule has 3 rings (SSSR count). The highest BCUT2D eigenvalue weighted by Crippen LogP contribution is 2.29. The van der Waals surface area contributed by atoms with Crippen LogP contribution in [-0.2, 0) is 4.79 Å². The smallest absolute Gasteiger partial charge is 0.268 e. The van der Waals surface area contributed by atoms with Crippen molar-refractivity contribution in [1.29, 1.82) is 0 Å². The van der Waals surface area contributed by atoms with Crippen LogP contribution in [0.2, 0.25) is 5.02 Å². The van der Waals surface area contributed by atoms with Crippen LogP contribution in [0, 0.1) is 6.92 Å². The molecule has 0 saturated heterocycles. The van der Waals surface area contributed by atoms with Gasteiger partial charge in [-0.1, -0.05) is 48.0 Å². The SMILES string of the molecule is Cc1cc(Cl)ccc1N1N=C(C(=O)Cl)CC1C.c1ccccc1. The number of nitrogens with zero attached hydrogens (tertiary/aromatic N) is 2. The molecule has 0 bridgehead atoms. The molecule has 0 aromatic heterocycles. The van der Waals surface area contributed by atoms with Crippen molar-refractivity contribution in [2.45, 2.75) is 26.3 Å². The third-order valence-corrected chi connectivity index (χ3v) is 3.89. The highest BCUT2D eigenvalue weighted by atomic mass is 35.5. The number of benzene rings is 2. The van der Waals surface area contributed by atoms with E-state index in [1.165, 1.54) is 0 Å². The summed E-state index contributed by atoms with van der Waals surface area (Å²) in [5.41, 5.74) is 2.39. The van der Waals surface area contributed by atoms with Gasteiger partial charge in [0.05, 0.1) is 11.7 Å². The molecule has 1 aliphatic heterocycles. The van der Waals surface area contributed by atoms with Crippen molar-refractivity contribution in [1.82, 2.24) is 0 Å². The number of hydrogen-bond donors (Lipinski definition) is 0. The van der Waals surface area contributed by atoms with E-state index in [9.17, 15) is 4.79 Å². The molecule has 0 aliphatic carbocycles. The van der Waals surface area contributed by atoms with E-state index in [1.807, 2.05) is 73.5 Å². The Balaban J connectivity index is 0.000000268. The Morgan fingerprint density at radius 2 is 1.74 bits per heavy atom. The van der Waals surface area contributed by atoms with E-state index in [4.69, 9.17) is 23.2 Å². The first-order valence-electron chi connectivity index (χ1n) is 7.31. The number of carbonyl (C=O) groups excluding carboxylic acids is 1. The van der Waals surface area contributed by atoms with Gasteiger partial charge in [0.25, 0.3) is 5.24 Å². The molecule has 1 unspecified atom stereocenters. The van der Waals surface area contributed by atoms with Crippen LogP contribution in [0.4, 0.5) is 5.69 Å².